The average molecular weight is 551 g/mol. The van der Waals surface area contributed by atoms with Crippen molar-refractivity contribution in [2.75, 3.05) is 26.1 Å². The van der Waals surface area contributed by atoms with Crippen molar-refractivity contribution in [3.8, 4) is 17.2 Å². The van der Waals surface area contributed by atoms with Gasteiger partial charge in [0.15, 0.2) is 17.1 Å². The smallest absolute Gasteiger partial charge is 0.160 e. The standard InChI is InChI=1S/C35H42N4O2/c1-23-20-24(2)33(25(3)21-23)39-29-16-12-11-15-28(29)32-34(37-26(4)38-35(32)39)36-19-13-9-7-8-10-14-27-17-18-30(40-5)31(22-27)41-6/h11-12,15-18,20-22H,7-10,13-14,19H2,1-6H3,(H,36,37,38). The van der Waals surface area contributed by atoms with Crippen LogP contribution in [0.25, 0.3) is 27.6 Å². The maximum Gasteiger partial charge on any atom is 0.160 e. The molecule has 0 radical (unpaired) electrons. The molecule has 1 N–H and O–H groups in total. The number of hydrogen-bond acceptors (Lipinski definition) is 5. The molecule has 0 bridgehead atoms. The van der Waals surface area contributed by atoms with E-state index < -0.39 is 0 Å². The average Bonchev–Trinajstić information content (AvgIpc) is 3.27. The molecule has 6 heteroatoms. The number of unbranched alkanes of at least 4 members (excludes halogenated alkanes) is 4. The maximum absolute atomic E-state index is 5.44. The van der Waals surface area contributed by atoms with E-state index in [4.69, 9.17) is 19.4 Å². The molecule has 5 aromatic rings. The first-order valence-corrected chi connectivity index (χ1v) is 14.7. The van der Waals surface area contributed by atoms with E-state index in [1.54, 1.807) is 14.2 Å². The molecule has 2 heterocycles. The number of methoxy groups -OCH3 is 2. The van der Waals surface area contributed by atoms with Crippen LogP contribution in [0.5, 0.6) is 11.5 Å². The monoisotopic (exact) mass is 550 g/mol. The summed E-state index contributed by atoms with van der Waals surface area (Å²) in [6, 6.07) is 19.3. The van der Waals surface area contributed by atoms with E-state index in [9.17, 15) is 0 Å². The summed E-state index contributed by atoms with van der Waals surface area (Å²) < 4.78 is 13.1. The summed E-state index contributed by atoms with van der Waals surface area (Å²) in [5.74, 6) is 3.29. The molecular weight excluding hydrogens is 508 g/mol. The number of nitrogens with one attached hydrogen (secondary N) is 1. The molecule has 3 aromatic carbocycles. The number of fused-ring (bicyclic) bond motifs is 3. The van der Waals surface area contributed by atoms with Gasteiger partial charge in [-0.1, -0.05) is 61.2 Å². The van der Waals surface area contributed by atoms with E-state index in [-0.39, 0.29) is 0 Å². The fraction of sp³-hybridized carbons (Fsp3) is 0.371. The van der Waals surface area contributed by atoms with Crippen LogP contribution in [0.15, 0.2) is 54.6 Å². The zero-order valence-electron chi connectivity index (χ0n) is 25.3. The van der Waals surface area contributed by atoms with Gasteiger partial charge in [-0.15, -0.1) is 0 Å². The van der Waals surface area contributed by atoms with Gasteiger partial charge in [0.25, 0.3) is 0 Å². The minimum atomic E-state index is 0.779. The van der Waals surface area contributed by atoms with Crippen LogP contribution >= 0.6 is 0 Å². The maximum atomic E-state index is 5.44. The van der Waals surface area contributed by atoms with E-state index in [1.807, 2.05) is 13.0 Å². The van der Waals surface area contributed by atoms with Crippen LogP contribution in [0, 0.1) is 27.7 Å². The van der Waals surface area contributed by atoms with Crippen molar-refractivity contribution in [3.05, 3.63) is 82.7 Å². The highest BCUT2D eigenvalue weighted by atomic mass is 16.5. The Morgan fingerprint density at radius 3 is 2.22 bits per heavy atom. The second-order valence-corrected chi connectivity index (χ2v) is 11.1. The molecule has 2 aromatic heterocycles. The van der Waals surface area contributed by atoms with Gasteiger partial charge < -0.3 is 14.8 Å². The number of para-hydroxylation sites is 1. The normalized spacial score (nSPS) is 11.4. The summed E-state index contributed by atoms with van der Waals surface area (Å²) in [4.78, 5) is 9.85. The zero-order chi connectivity index (χ0) is 28.9. The molecular formula is C35H42N4O2. The molecule has 0 saturated heterocycles. The zero-order valence-corrected chi connectivity index (χ0v) is 25.3. The molecule has 5 rings (SSSR count). The lowest BCUT2D eigenvalue weighted by Gasteiger charge is -2.15. The Balaban J connectivity index is 1.25. The van der Waals surface area contributed by atoms with Crippen LogP contribution in [-0.4, -0.2) is 35.3 Å². The molecule has 0 spiro atoms. The van der Waals surface area contributed by atoms with Crippen LogP contribution in [0.4, 0.5) is 5.82 Å². The Bertz CT molecular complexity index is 1650. The SMILES string of the molecule is COc1ccc(CCCCCCCNc2nc(C)nc3c2c2ccccc2n3-c2c(C)cc(C)cc2C)cc1OC. The van der Waals surface area contributed by atoms with Gasteiger partial charge in [0.05, 0.1) is 30.8 Å². The Kier molecular flexibility index (Phi) is 8.77. The second kappa shape index (κ2) is 12.6. The third-order valence-electron chi connectivity index (χ3n) is 7.87. The van der Waals surface area contributed by atoms with Gasteiger partial charge in [0.1, 0.15) is 11.6 Å². The van der Waals surface area contributed by atoms with Crippen molar-refractivity contribution in [1.29, 1.82) is 0 Å². The van der Waals surface area contributed by atoms with Gasteiger partial charge >= 0.3 is 0 Å². The van der Waals surface area contributed by atoms with E-state index in [2.05, 4.69) is 79.2 Å². The van der Waals surface area contributed by atoms with Crippen molar-refractivity contribution in [3.63, 3.8) is 0 Å². The summed E-state index contributed by atoms with van der Waals surface area (Å²) >= 11 is 0. The minimum absolute atomic E-state index is 0.779. The van der Waals surface area contributed by atoms with Gasteiger partial charge in [-0.05, 0) is 81.8 Å². The number of ether oxygens (including phenoxy) is 2. The Labute approximate surface area is 243 Å². The van der Waals surface area contributed by atoms with E-state index >= 15 is 0 Å². The minimum Gasteiger partial charge on any atom is -0.493 e. The van der Waals surface area contributed by atoms with Crippen molar-refractivity contribution in [1.82, 2.24) is 14.5 Å². The van der Waals surface area contributed by atoms with Gasteiger partial charge in [-0.2, -0.15) is 0 Å². The summed E-state index contributed by atoms with van der Waals surface area (Å²) in [5, 5.41) is 5.95. The summed E-state index contributed by atoms with van der Waals surface area (Å²) in [6.45, 7) is 9.42. The Morgan fingerprint density at radius 2 is 1.46 bits per heavy atom. The Hall–Kier alpha value is -4.06. The van der Waals surface area contributed by atoms with Crippen molar-refractivity contribution >= 4 is 27.8 Å². The molecule has 0 unspecified atom stereocenters. The molecule has 0 aliphatic carbocycles. The fourth-order valence-electron chi connectivity index (χ4n) is 6.07. The molecule has 214 valence electrons. The number of rotatable bonds is 12. The molecule has 0 aliphatic heterocycles. The highest BCUT2D eigenvalue weighted by molar-refractivity contribution is 6.13. The summed E-state index contributed by atoms with van der Waals surface area (Å²) in [5.41, 5.74) is 8.41. The highest BCUT2D eigenvalue weighted by Crippen LogP contribution is 2.37. The fourth-order valence-corrected chi connectivity index (χ4v) is 6.07. The van der Waals surface area contributed by atoms with Crippen LogP contribution in [-0.2, 0) is 6.42 Å². The molecule has 0 fully saturated rings. The number of aryl methyl sites for hydroxylation is 5. The molecule has 0 atom stereocenters. The van der Waals surface area contributed by atoms with E-state index in [1.165, 1.54) is 59.0 Å². The van der Waals surface area contributed by atoms with Crippen LogP contribution in [0.2, 0.25) is 0 Å². The number of nitrogens with zero attached hydrogens (tertiary/aromatic N) is 3. The van der Waals surface area contributed by atoms with Gasteiger partial charge in [-0.3, -0.25) is 4.57 Å². The lowest BCUT2D eigenvalue weighted by Crippen LogP contribution is -2.07. The summed E-state index contributed by atoms with van der Waals surface area (Å²) in [6.07, 6.45) is 6.96. The van der Waals surface area contributed by atoms with E-state index in [0.29, 0.717) is 0 Å². The molecule has 0 aliphatic rings. The number of hydrogen-bond donors (Lipinski definition) is 1. The van der Waals surface area contributed by atoms with Gasteiger partial charge in [0.2, 0.25) is 0 Å². The lowest BCUT2D eigenvalue weighted by molar-refractivity contribution is 0.354. The number of aromatic nitrogens is 3. The Morgan fingerprint density at radius 1 is 0.756 bits per heavy atom. The molecule has 6 nitrogen and oxygen atoms in total. The predicted octanol–water partition coefficient (Wildman–Crippen LogP) is 8.43. The third-order valence-corrected chi connectivity index (χ3v) is 7.87. The lowest BCUT2D eigenvalue weighted by atomic mass is 10.0. The summed E-state index contributed by atoms with van der Waals surface area (Å²) in [7, 11) is 3.36. The first-order valence-electron chi connectivity index (χ1n) is 14.7. The second-order valence-electron chi connectivity index (χ2n) is 11.1. The molecule has 41 heavy (non-hydrogen) atoms. The van der Waals surface area contributed by atoms with Gasteiger partial charge in [0, 0.05) is 11.9 Å². The number of benzene rings is 3. The van der Waals surface area contributed by atoms with E-state index in [0.717, 1.165) is 59.1 Å². The predicted molar refractivity (Wildman–Crippen MR) is 170 cm³/mol. The van der Waals surface area contributed by atoms with Crippen LogP contribution in [0.1, 0.15) is 60.2 Å². The van der Waals surface area contributed by atoms with Crippen molar-refractivity contribution in [2.45, 2.75) is 66.2 Å². The first kappa shape index (κ1) is 28.5. The molecule has 0 amide bonds. The quantitative estimate of drug-likeness (QED) is 0.158. The third kappa shape index (κ3) is 6.02. The van der Waals surface area contributed by atoms with Crippen molar-refractivity contribution < 1.29 is 9.47 Å². The van der Waals surface area contributed by atoms with Crippen LogP contribution in [0.3, 0.4) is 0 Å². The first-order chi connectivity index (χ1) is 19.9. The van der Waals surface area contributed by atoms with Crippen molar-refractivity contribution in [2.24, 2.45) is 0 Å². The largest absolute Gasteiger partial charge is 0.493 e. The highest BCUT2D eigenvalue weighted by Gasteiger charge is 2.20. The van der Waals surface area contributed by atoms with Gasteiger partial charge in [-0.25, -0.2) is 9.97 Å². The number of anilines is 1. The topological polar surface area (TPSA) is 61.2 Å². The molecule has 0 saturated carbocycles. The van der Waals surface area contributed by atoms with Crippen LogP contribution < -0.4 is 14.8 Å².